The third-order valence-corrected chi connectivity index (χ3v) is 5.30. The van der Waals surface area contributed by atoms with E-state index in [2.05, 4.69) is 57.2 Å². The number of carbonyl (C=O) groups is 1. The molecule has 0 rings (SSSR count). The molecule has 0 aliphatic heterocycles. The minimum Gasteiger partial charge on any atom is -0.481 e. The first-order valence-electron chi connectivity index (χ1n) is 10.8. The van der Waals surface area contributed by atoms with Gasteiger partial charge in [-0.1, -0.05) is 82.9 Å². The topological polar surface area (TPSA) is 37.3 Å². The van der Waals surface area contributed by atoms with E-state index in [1.807, 2.05) is 0 Å². The smallest absolute Gasteiger partial charge is 0.303 e. The van der Waals surface area contributed by atoms with Crippen molar-refractivity contribution in [3.8, 4) is 0 Å². The van der Waals surface area contributed by atoms with Crippen molar-refractivity contribution in [1.29, 1.82) is 0 Å². The fourth-order valence-corrected chi connectivity index (χ4v) is 3.23. The molecule has 0 fully saturated rings. The van der Waals surface area contributed by atoms with Gasteiger partial charge in [-0.15, -0.1) is 0 Å². The minimum absolute atomic E-state index is 0.311. The molecule has 0 aromatic heterocycles. The van der Waals surface area contributed by atoms with Crippen molar-refractivity contribution in [3.05, 3.63) is 36.5 Å². The summed E-state index contributed by atoms with van der Waals surface area (Å²) in [5.74, 6) is -0.678. The van der Waals surface area contributed by atoms with Crippen LogP contribution < -0.4 is 0 Å². The van der Waals surface area contributed by atoms with E-state index in [1.165, 1.54) is 32.1 Å². The van der Waals surface area contributed by atoms with Crippen molar-refractivity contribution in [1.82, 2.24) is 0 Å². The van der Waals surface area contributed by atoms with Crippen LogP contribution in [0.3, 0.4) is 0 Å². The second-order valence-electron chi connectivity index (χ2n) is 7.34. The molecule has 0 amide bonds. The van der Waals surface area contributed by atoms with Crippen molar-refractivity contribution in [2.45, 2.75) is 104 Å². The summed E-state index contributed by atoms with van der Waals surface area (Å²) in [6, 6.07) is 0. The quantitative estimate of drug-likeness (QED) is 0.211. The van der Waals surface area contributed by atoms with E-state index in [4.69, 9.17) is 5.11 Å². The highest BCUT2D eigenvalue weighted by Gasteiger charge is 2.21. The minimum atomic E-state index is -0.678. The fourth-order valence-electron chi connectivity index (χ4n) is 3.23. The van der Waals surface area contributed by atoms with E-state index in [0.29, 0.717) is 11.8 Å². The van der Waals surface area contributed by atoms with E-state index in [0.717, 1.165) is 44.9 Å². The van der Waals surface area contributed by atoms with Gasteiger partial charge in [-0.3, -0.25) is 4.79 Å². The molecular weight excluding hydrogens is 320 g/mol. The summed E-state index contributed by atoms with van der Waals surface area (Å²) < 4.78 is 0. The zero-order chi connectivity index (χ0) is 19.5. The van der Waals surface area contributed by atoms with Gasteiger partial charge in [0.05, 0.1) is 0 Å². The standard InChI is InChI=1S/C24H42O2/c1-4-7-21-24(5-2,6-3)22-19-17-15-13-11-9-8-10-12-14-16-18-20-23(25)26/h8-9,13,15,19,22H,4-7,10-12,14,16-18,20-21H2,1-3H3,(H,25,26). The summed E-state index contributed by atoms with van der Waals surface area (Å²) in [6.45, 7) is 6.90. The summed E-state index contributed by atoms with van der Waals surface area (Å²) in [5, 5.41) is 8.57. The van der Waals surface area contributed by atoms with Crippen LogP contribution in [0.4, 0.5) is 0 Å². The van der Waals surface area contributed by atoms with Gasteiger partial charge in [-0.05, 0) is 56.8 Å². The number of hydrogen-bond acceptors (Lipinski definition) is 1. The maximum absolute atomic E-state index is 10.4. The summed E-state index contributed by atoms with van der Waals surface area (Å²) >= 11 is 0. The summed E-state index contributed by atoms with van der Waals surface area (Å²) in [6.07, 6.45) is 27.8. The van der Waals surface area contributed by atoms with Crippen molar-refractivity contribution in [2.75, 3.05) is 0 Å². The third kappa shape index (κ3) is 13.9. The Morgan fingerprint density at radius 2 is 1.42 bits per heavy atom. The molecule has 150 valence electrons. The van der Waals surface area contributed by atoms with Crippen LogP contribution in [0.1, 0.15) is 104 Å². The summed E-state index contributed by atoms with van der Waals surface area (Å²) in [4.78, 5) is 10.4. The molecule has 0 radical (unpaired) electrons. The lowest BCUT2D eigenvalue weighted by atomic mass is 9.77. The van der Waals surface area contributed by atoms with Crippen LogP contribution in [0.15, 0.2) is 36.5 Å². The lowest BCUT2D eigenvalue weighted by molar-refractivity contribution is -0.137. The third-order valence-electron chi connectivity index (χ3n) is 5.30. The predicted molar refractivity (Wildman–Crippen MR) is 115 cm³/mol. The molecule has 0 saturated carbocycles. The van der Waals surface area contributed by atoms with Crippen LogP contribution in [0.25, 0.3) is 0 Å². The lowest BCUT2D eigenvalue weighted by Crippen LogP contribution is -2.15. The van der Waals surface area contributed by atoms with Crippen LogP contribution in [-0.2, 0) is 4.79 Å². The van der Waals surface area contributed by atoms with Gasteiger partial charge in [0.25, 0.3) is 0 Å². The first kappa shape index (κ1) is 24.7. The normalized spacial score (nSPS) is 12.7. The van der Waals surface area contributed by atoms with Gasteiger partial charge in [0.2, 0.25) is 0 Å². The molecule has 2 heteroatoms. The molecule has 0 aliphatic rings. The highest BCUT2D eigenvalue weighted by atomic mass is 16.4. The SMILES string of the molecule is CCCCC(C=CCC=CCC=CCCCCCCC(=O)O)(CC)CC. The largest absolute Gasteiger partial charge is 0.481 e. The first-order valence-corrected chi connectivity index (χ1v) is 10.8. The number of aliphatic carboxylic acids is 1. The number of unbranched alkanes of at least 4 members (excludes halogenated alkanes) is 5. The molecule has 0 unspecified atom stereocenters. The maximum Gasteiger partial charge on any atom is 0.303 e. The fraction of sp³-hybridized carbons (Fsp3) is 0.708. The summed E-state index contributed by atoms with van der Waals surface area (Å²) in [7, 11) is 0. The van der Waals surface area contributed by atoms with E-state index in [1.54, 1.807) is 0 Å². The molecule has 0 saturated heterocycles. The predicted octanol–water partition coefficient (Wildman–Crippen LogP) is 7.86. The Morgan fingerprint density at radius 3 is 2.04 bits per heavy atom. The molecule has 0 atom stereocenters. The van der Waals surface area contributed by atoms with E-state index in [-0.39, 0.29) is 0 Å². The van der Waals surface area contributed by atoms with Gasteiger partial charge >= 0.3 is 5.97 Å². The Labute approximate surface area is 162 Å². The molecule has 0 bridgehead atoms. The van der Waals surface area contributed by atoms with Crippen LogP contribution in [0, 0.1) is 5.41 Å². The Bertz CT molecular complexity index is 414. The Kier molecular flexibility index (Phi) is 16.3. The maximum atomic E-state index is 10.4. The molecular formula is C24H42O2. The van der Waals surface area contributed by atoms with Gasteiger partial charge in [0.15, 0.2) is 0 Å². The molecule has 0 heterocycles. The second kappa shape index (κ2) is 17.1. The number of hydrogen-bond donors (Lipinski definition) is 1. The first-order chi connectivity index (χ1) is 12.6. The van der Waals surface area contributed by atoms with E-state index >= 15 is 0 Å². The zero-order valence-corrected chi connectivity index (χ0v) is 17.5. The molecule has 1 N–H and O–H groups in total. The van der Waals surface area contributed by atoms with Gasteiger partial charge in [0.1, 0.15) is 0 Å². The van der Waals surface area contributed by atoms with Crippen molar-refractivity contribution < 1.29 is 9.90 Å². The summed E-state index contributed by atoms with van der Waals surface area (Å²) in [5.41, 5.74) is 0.411. The average Bonchev–Trinajstić information content (AvgIpc) is 2.64. The van der Waals surface area contributed by atoms with Gasteiger partial charge in [-0.2, -0.15) is 0 Å². The van der Waals surface area contributed by atoms with Gasteiger partial charge in [-0.25, -0.2) is 0 Å². The lowest BCUT2D eigenvalue weighted by Gasteiger charge is -2.28. The number of allylic oxidation sites excluding steroid dienone is 6. The molecule has 0 aromatic carbocycles. The van der Waals surface area contributed by atoms with Crippen molar-refractivity contribution >= 4 is 5.97 Å². The number of carboxylic acids is 1. The highest BCUT2D eigenvalue weighted by Crippen LogP contribution is 2.34. The molecule has 2 nitrogen and oxygen atoms in total. The Morgan fingerprint density at radius 1 is 0.808 bits per heavy atom. The number of rotatable bonds is 17. The van der Waals surface area contributed by atoms with Crippen LogP contribution in [-0.4, -0.2) is 11.1 Å². The van der Waals surface area contributed by atoms with Crippen LogP contribution in [0.2, 0.25) is 0 Å². The average molecular weight is 363 g/mol. The molecule has 26 heavy (non-hydrogen) atoms. The van der Waals surface area contributed by atoms with Crippen LogP contribution in [0.5, 0.6) is 0 Å². The van der Waals surface area contributed by atoms with Crippen molar-refractivity contribution in [2.24, 2.45) is 5.41 Å². The van der Waals surface area contributed by atoms with Crippen molar-refractivity contribution in [3.63, 3.8) is 0 Å². The highest BCUT2D eigenvalue weighted by molar-refractivity contribution is 5.66. The molecule has 0 aliphatic carbocycles. The van der Waals surface area contributed by atoms with E-state index in [9.17, 15) is 4.79 Å². The number of carboxylic acid groups (broad SMARTS) is 1. The second-order valence-corrected chi connectivity index (χ2v) is 7.34. The monoisotopic (exact) mass is 362 g/mol. The van der Waals surface area contributed by atoms with Gasteiger partial charge in [0, 0.05) is 6.42 Å². The molecule has 0 spiro atoms. The Balaban J connectivity index is 3.80. The van der Waals surface area contributed by atoms with Gasteiger partial charge < -0.3 is 5.11 Å². The van der Waals surface area contributed by atoms with E-state index < -0.39 is 5.97 Å². The molecule has 0 aromatic rings. The Hall–Kier alpha value is -1.31. The van der Waals surface area contributed by atoms with Crippen LogP contribution >= 0.6 is 0 Å². The zero-order valence-electron chi connectivity index (χ0n) is 17.5.